The van der Waals surface area contributed by atoms with Crippen LogP contribution in [0.1, 0.15) is 11.3 Å². The van der Waals surface area contributed by atoms with Gasteiger partial charge in [-0.05, 0) is 45.8 Å². The van der Waals surface area contributed by atoms with Crippen molar-refractivity contribution in [3.05, 3.63) is 46.3 Å². The lowest BCUT2D eigenvalue weighted by atomic mass is 10.2. The number of ether oxygens (including phenoxy) is 2. The normalized spacial score (nSPS) is 13.1. The second-order valence-corrected chi connectivity index (χ2v) is 6.14. The van der Waals surface area contributed by atoms with Crippen molar-refractivity contribution in [1.29, 1.82) is 0 Å². The number of nitrogens with one attached hydrogen (secondary N) is 2. The van der Waals surface area contributed by atoms with Crippen LogP contribution in [0.15, 0.2) is 44.4 Å². The lowest BCUT2D eigenvalue weighted by Crippen LogP contribution is -2.37. The van der Waals surface area contributed by atoms with Crippen molar-refractivity contribution in [2.24, 2.45) is 4.99 Å². The van der Waals surface area contributed by atoms with Crippen LogP contribution in [0.25, 0.3) is 0 Å². The van der Waals surface area contributed by atoms with Gasteiger partial charge in [-0.2, -0.15) is 0 Å². The van der Waals surface area contributed by atoms with Crippen molar-refractivity contribution in [1.82, 2.24) is 10.6 Å². The molecule has 6 nitrogen and oxygen atoms in total. The van der Waals surface area contributed by atoms with Gasteiger partial charge in [0, 0.05) is 26.6 Å². The van der Waals surface area contributed by atoms with Gasteiger partial charge < -0.3 is 24.5 Å². The average Bonchev–Trinajstić information content (AvgIpc) is 3.11. The minimum atomic E-state index is 0. The molecular formula is C17H21BrIN3O3. The number of halogens is 2. The summed E-state index contributed by atoms with van der Waals surface area (Å²) in [6.45, 7) is 2.54. The molecule has 2 N–H and O–H groups in total. The minimum absolute atomic E-state index is 0. The third kappa shape index (κ3) is 5.53. The molecule has 2 aromatic rings. The Bertz CT molecular complexity index is 707. The van der Waals surface area contributed by atoms with Crippen molar-refractivity contribution in [3.8, 4) is 11.5 Å². The van der Waals surface area contributed by atoms with E-state index in [1.165, 1.54) is 0 Å². The summed E-state index contributed by atoms with van der Waals surface area (Å²) in [6.07, 6.45) is 2.49. The van der Waals surface area contributed by atoms with Crippen LogP contribution in [-0.4, -0.2) is 32.8 Å². The maximum Gasteiger partial charge on any atom is 0.191 e. The summed E-state index contributed by atoms with van der Waals surface area (Å²) < 4.78 is 17.5. The molecule has 0 saturated heterocycles. The molecule has 0 unspecified atom stereocenters. The van der Waals surface area contributed by atoms with Crippen LogP contribution in [0.4, 0.5) is 0 Å². The molecule has 0 aliphatic carbocycles. The second-order valence-electron chi connectivity index (χ2n) is 5.28. The van der Waals surface area contributed by atoms with Crippen LogP contribution in [-0.2, 0) is 13.0 Å². The predicted octanol–water partition coefficient (Wildman–Crippen LogP) is 3.34. The summed E-state index contributed by atoms with van der Waals surface area (Å²) >= 11 is 3.53. The number of furan rings is 1. The fourth-order valence-corrected chi connectivity index (χ4v) is 3.04. The standard InChI is InChI=1S/C17H20BrN3O3.HI/c1-19-17(20-5-4-13-3-2-6-22-13)21-11-12-9-14(18)16-15(10-12)23-7-8-24-16;/h2-3,6,9-10H,4-5,7-8,11H2,1H3,(H2,19,20,21);1H. The Labute approximate surface area is 172 Å². The maximum absolute atomic E-state index is 5.65. The van der Waals surface area contributed by atoms with Crippen LogP contribution in [0, 0.1) is 0 Å². The zero-order chi connectivity index (χ0) is 16.8. The van der Waals surface area contributed by atoms with Gasteiger partial charge in [-0.1, -0.05) is 0 Å². The summed E-state index contributed by atoms with van der Waals surface area (Å²) in [5.41, 5.74) is 1.08. The number of hydrogen-bond donors (Lipinski definition) is 2. The first-order valence-electron chi connectivity index (χ1n) is 7.81. The quantitative estimate of drug-likeness (QED) is 0.359. The van der Waals surface area contributed by atoms with Crippen molar-refractivity contribution in [2.75, 3.05) is 26.8 Å². The average molecular weight is 522 g/mol. The topological polar surface area (TPSA) is 68.0 Å². The van der Waals surface area contributed by atoms with Crippen molar-refractivity contribution < 1.29 is 13.9 Å². The largest absolute Gasteiger partial charge is 0.486 e. The van der Waals surface area contributed by atoms with E-state index in [0.717, 1.165) is 46.2 Å². The Kier molecular flexibility index (Phi) is 7.89. The summed E-state index contributed by atoms with van der Waals surface area (Å²) in [7, 11) is 1.75. The van der Waals surface area contributed by atoms with Gasteiger partial charge in [-0.15, -0.1) is 24.0 Å². The fraction of sp³-hybridized carbons (Fsp3) is 0.353. The molecule has 0 atom stereocenters. The lowest BCUT2D eigenvalue weighted by Gasteiger charge is -2.20. The van der Waals surface area contributed by atoms with Crippen LogP contribution in [0.3, 0.4) is 0 Å². The van der Waals surface area contributed by atoms with E-state index in [0.29, 0.717) is 19.8 Å². The second kappa shape index (κ2) is 9.91. The van der Waals surface area contributed by atoms with E-state index in [4.69, 9.17) is 13.9 Å². The van der Waals surface area contributed by atoms with Crippen molar-refractivity contribution in [3.63, 3.8) is 0 Å². The fourth-order valence-electron chi connectivity index (χ4n) is 2.43. The van der Waals surface area contributed by atoms with Crippen molar-refractivity contribution in [2.45, 2.75) is 13.0 Å². The van der Waals surface area contributed by atoms with Gasteiger partial charge in [0.05, 0.1) is 10.7 Å². The molecule has 136 valence electrons. The van der Waals surface area contributed by atoms with Gasteiger partial charge in [0.25, 0.3) is 0 Å². The first kappa shape index (κ1) is 19.9. The highest BCUT2D eigenvalue weighted by atomic mass is 127. The molecule has 8 heteroatoms. The van der Waals surface area contributed by atoms with E-state index in [9.17, 15) is 0 Å². The number of nitrogens with zero attached hydrogens (tertiary/aromatic N) is 1. The molecule has 3 rings (SSSR count). The van der Waals surface area contributed by atoms with Crippen LogP contribution in [0.2, 0.25) is 0 Å². The molecule has 0 spiro atoms. The first-order valence-corrected chi connectivity index (χ1v) is 8.60. The molecule has 0 fully saturated rings. The summed E-state index contributed by atoms with van der Waals surface area (Å²) in [6, 6.07) is 7.87. The Balaban J connectivity index is 0.00000225. The van der Waals surface area contributed by atoms with Crippen LogP contribution < -0.4 is 20.1 Å². The predicted molar refractivity (Wildman–Crippen MR) is 111 cm³/mol. The van der Waals surface area contributed by atoms with Gasteiger partial charge in [-0.3, -0.25) is 4.99 Å². The van der Waals surface area contributed by atoms with Gasteiger partial charge in [0.15, 0.2) is 17.5 Å². The number of rotatable bonds is 5. The Morgan fingerprint density at radius 1 is 1.24 bits per heavy atom. The first-order chi connectivity index (χ1) is 11.8. The Hall–Kier alpha value is -1.42. The molecule has 0 radical (unpaired) electrons. The zero-order valence-electron chi connectivity index (χ0n) is 13.9. The third-order valence-corrected chi connectivity index (χ3v) is 4.17. The summed E-state index contributed by atoms with van der Waals surface area (Å²) in [5, 5.41) is 6.56. The highest BCUT2D eigenvalue weighted by molar-refractivity contribution is 14.0. The smallest absolute Gasteiger partial charge is 0.191 e. The monoisotopic (exact) mass is 521 g/mol. The number of aliphatic imine (C=N–C) groups is 1. The van der Waals surface area contributed by atoms with E-state index in [2.05, 4.69) is 31.6 Å². The van der Waals surface area contributed by atoms with Gasteiger partial charge in [0.2, 0.25) is 0 Å². The summed E-state index contributed by atoms with van der Waals surface area (Å²) in [5.74, 6) is 3.24. The van der Waals surface area contributed by atoms with Gasteiger partial charge in [0.1, 0.15) is 19.0 Å². The molecule has 0 amide bonds. The van der Waals surface area contributed by atoms with Crippen molar-refractivity contribution >= 4 is 45.9 Å². The van der Waals surface area contributed by atoms with E-state index < -0.39 is 0 Å². The van der Waals surface area contributed by atoms with Gasteiger partial charge >= 0.3 is 0 Å². The lowest BCUT2D eigenvalue weighted by molar-refractivity contribution is 0.170. The molecule has 0 bridgehead atoms. The highest BCUT2D eigenvalue weighted by Crippen LogP contribution is 2.38. The summed E-state index contributed by atoms with van der Waals surface area (Å²) in [4.78, 5) is 4.23. The molecule has 1 aromatic heterocycles. The highest BCUT2D eigenvalue weighted by Gasteiger charge is 2.16. The molecule has 25 heavy (non-hydrogen) atoms. The molecule has 0 saturated carbocycles. The SMILES string of the molecule is CN=C(NCCc1ccco1)NCc1cc(Br)c2c(c1)OCCO2.I. The maximum atomic E-state index is 5.65. The zero-order valence-corrected chi connectivity index (χ0v) is 17.8. The van der Waals surface area contributed by atoms with E-state index >= 15 is 0 Å². The van der Waals surface area contributed by atoms with E-state index in [1.807, 2.05) is 24.3 Å². The minimum Gasteiger partial charge on any atom is -0.486 e. The van der Waals surface area contributed by atoms with Gasteiger partial charge in [-0.25, -0.2) is 0 Å². The van der Waals surface area contributed by atoms with Crippen LogP contribution in [0.5, 0.6) is 11.5 Å². The number of fused-ring (bicyclic) bond motifs is 1. The van der Waals surface area contributed by atoms with E-state index in [-0.39, 0.29) is 24.0 Å². The molecular weight excluding hydrogens is 501 g/mol. The number of benzene rings is 1. The molecule has 1 aromatic carbocycles. The molecule has 1 aliphatic rings. The molecule has 2 heterocycles. The Morgan fingerprint density at radius 3 is 2.84 bits per heavy atom. The van der Waals surface area contributed by atoms with Crippen LogP contribution >= 0.6 is 39.9 Å². The third-order valence-electron chi connectivity index (χ3n) is 3.58. The van der Waals surface area contributed by atoms with E-state index in [1.54, 1.807) is 13.3 Å². The Morgan fingerprint density at radius 2 is 2.08 bits per heavy atom. The molecule has 1 aliphatic heterocycles. The number of guanidine groups is 1. The number of hydrogen-bond acceptors (Lipinski definition) is 4.